The molecule has 0 atom stereocenters. The standard InChI is InChI=1S/C17H16FNO2/c18-16-10-9-15(13-3-1-2-4-14(13)16)17(21)19-11-5-7-12(20)8-6-11/h1-4,9-11H,5-8H2,(H,19,21). The van der Waals surface area contributed by atoms with Gasteiger partial charge in [-0.1, -0.05) is 24.3 Å². The molecule has 0 aromatic heterocycles. The molecule has 3 rings (SSSR count). The Hall–Kier alpha value is -2.23. The Kier molecular flexibility index (Phi) is 3.69. The number of amides is 1. The van der Waals surface area contributed by atoms with E-state index in [4.69, 9.17) is 0 Å². The van der Waals surface area contributed by atoms with E-state index < -0.39 is 0 Å². The van der Waals surface area contributed by atoms with E-state index in [0.717, 1.165) is 0 Å². The number of nitrogens with one attached hydrogen (secondary N) is 1. The summed E-state index contributed by atoms with van der Waals surface area (Å²) in [5, 5.41) is 4.01. The third-order valence-electron chi connectivity index (χ3n) is 3.99. The maximum absolute atomic E-state index is 13.8. The molecule has 0 heterocycles. The fourth-order valence-corrected chi connectivity index (χ4v) is 2.81. The number of hydrogen-bond acceptors (Lipinski definition) is 2. The summed E-state index contributed by atoms with van der Waals surface area (Å²) < 4.78 is 13.8. The van der Waals surface area contributed by atoms with Crippen molar-refractivity contribution in [2.75, 3.05) is 0 Å². The molecule has 0 spiro atoms. The number of halogens is 1. The van der Waals surface area contributed by atoms with Crippen LogP contribution in [0.5, 0.6) is 0 Å². The molecule has 1 aliphatic carbocycles. The van der Waals surface area contributed by atoms with Gasteiger partial charge >= 0.3 is 0 Å². The molecule has 0 unspecified atom stereocenters. The Morgan fingerprint density at radius 3 is 2.43 bits per heavy atom. The number of Topliss-reactive ketones (excluding diaryl/α,β-unsaturated/α-hetero) is 1. The molecular formula is C17H16FNO2. The van der Waals surface area contributed by atoms with Crippen LogP contribution in [-0.4, -0.2) is 17.7 Å². The molecule has 1 N–H and O–H groups in total. The lowest BCUT2D eigenvalue weighted by molar-refractivity contribution is -0.120. The second-order valence-corrected chi connectivity index (χ2v) is 5.43. The first-order valence-electron chi connectivity index (χ1n) is 7.15. The summed E-state index contributed by atoms with van der Waals surface area (Å²) in [7, 11) is 0. The Bertz CT molecular complexity index is 701. The molecule has 21 heavy (non-hydrogen) atoms. The lowest BCUT2D eigenvalue weighted by Crippen LogP contribution is -2.37. The Labute approximate surface area is 122 Å². The number of hydrogen-bond donors (Lipinski definition) is 1. The van der Waals surface area contributed by atoms with Gasteiger partial charge in [0.2, 0.25) is 0 Å². The number of carbonyl (C=O) groups excluding carboxylic acids is 2. The van der Waals surface area contributed by atoms with Gasteiger partial charge in [-0.3, -0.25) is 9.59 Å². The van der Waals surface area contributed by atoms with Crippen molar-refractivity contribution in [3.8, 4) is 0 Å². The van der Waals surface area contributed by atoms with Crippen molar-refractivity contribution in [2.24, 2.45) is 0 Å². The molecule has 1 amide bonds. The van der Waals surface area contributed by atoms with Crippen LogP contribution in [-0.2, 0) is 4.79 Å². The highest BCUT2D eigenvalue weighted by Crippen LogP contribution is 2.22. The van der Waals surface area contributed by atoms with Gasteiger partial charge in [0.1, 0.15) is 11.6 Å². The number of rotatable bonds is 2. The van der Waals surface area contributed by atoms with Crippen LogP contribution in [0, 0.1) is 5.82 Å². The first-order chi connectivity index (χ1) is 10.1. The van der Waals surface area contributed by atoms with Crippen LogP contribution < -0.4 is 5.32 Å². The molecule has 0 bridgehead atoms. The van der Waals surface area contributed by atoms with Crippen LogP contribution in [0.4, 0.5) is 4.39 Å². The van der Waals surface area contributed by atoms with E-state index in [9.17, 15) is 14.0 Å². The first-order valence-corrected chi connectivity index (χ1v) is 7.15. The van der Waals surface area contributed by atoms with Gasteiger partial charge in [0.15, 0.2) is 0 Å². The fourth-order valence-electron chi connectivity index (χ4n) is 2.81. The zero-order chi connectivity index (χ0) is 14.8. The Morgan fingerprint density at radius 2 is 1.71 bits per heavy atom. The highest BCUT2D eigenvalue weighted by Gasteiger charge is 2.21. The normalized spacial score (nSPS) is 16.1. The molecule has 108 valence electrons. The van der Waals surface area contributed by atoms with E-state index in [1.807, 2.05) is 0 Å². The first kappa shape index (κ1) is 13.7. The number of ketones is 1. The van der Waals surface area contributed by atoms with Gasteiger partial charge in [-0.05, 0) is 30.4 Å². The maximum atomic E-state index is 13.8. The number of fused-ring (bicyclic) bond motifs is 1. The van der Waals surface area contributed by atoms with Crippen molar-refractivity contribution >= 4 is 22.5 Å². The second-order valence-electron chi connectivity index (χ2n) is 5.43. The van der Waals surface area contributed by atoms with E-state index in [-0.39, 0.29) is 23.5 Å². The summed E-state index contributed by atoms with van der Waals surface area (Å²) in [5.41, 5.74) is 0.476. The van der Waals surface area contributed by atoms with Crippen LogP contribution in [0.1, 0.15) is 36.0 Å². The van der Waals surface area contributed by atoms with Crippen LogP contribution in [0.15, 0.2) is 36.4 Å². The summed E-state index contributed by atoms with van der Waals surface area (Å²) in [6.07, 6.45) is 2.41. The number of carbonyl (C=O) groups is 2. The average Bonchev–Trinajstić information content (AvgIpc) is 2.50. The van der Waals surface area contributed by atoms with Crippen molar-refractivity contribution < 1.29 is 14.0 Å². The molecule has 3 nitrogen and oxygen atoms in total. The van der Waals surface area contributed by atoms with Gasteiger partial charge < -0.3 is 5.32 Å². The van der Waals surface area contributed by atoms with E-state index in [1.165, 1.54) is 12.1 Å². The van der Waals surface area contributed by atoms with Gasteiger partial charge in [-0.25, -0.2) is 4.39 Å². The van der Waals surface area contributed by atoms with Crippen molar-refractivity contribution in [1.29, 1.82) is 0 Å². The summed E-state index contributed by atoms with van der Waals surface area (Å²) >= 11 is 0. The van der Waals surface area contributed by atoms with Gasteiger partial charge in [0, 0.05) is 29.8 Å². The lowest BCUT2D eigenvalue weighted by Gasteiger charge is -2.22. The fraction of sp³-hybridized carbons (Fsp3) is 0.294. The summed E-state index contributed by atoms with van der Waals surface area (Å²) in [6, 6.07) is 9.82. The second kappa shape index (κ2) is 5.64. The highest BCUT2D eigenvalue weighted by atomic mass is 19.1. The lowest BCUT2D eigenvalue weighted by atomic mass is 9.94. The maximum Gasteiger partial charge on any atom is 0.252 e. The third-order valence-corrected chi connectivity index (χ3v) is 3.99. The van der Waals surface area contributed by atoms with E-state index >= 15 is 0 Å². The van der Waals surface area contributed by atoms with Crippen LogP contribution >= 0.6 is 0 Å². The summed E-state index contributed by atoms with van der Waals surface area (Å²) in [6.45, 7) is 0. The predicted octanol–water partition coefficient (Wildman–Crippen LogP) is 3.22. The smallest absolute Gasteiger partial charge is 0.252 e. The highest BCUT2D eigenvalue weighted by molar-refractivity contribution is 6.07. The van der Waals surface area contributed by atoms with Crippen LogP contribution in [0.25, 0.3) is 10.8 Å². The van der Waals surface area contributed by atoms with Crippen molar-refractivity contribution in [3.63, 3.8) is 0 Å². The van der Waals surface area contributed by atoms with Gasteiger partial charge in [-0.15, -0.1) is 0 Å². The molecular weight excluding hydrogens is 269 g/mol. The van der Waals surface area contributed by atoms with Crippen molar-refractivity contribution in [2.45, 2.75) is 31.7 Å². The minimum absolute atomic E-state index is 0.0269. The minimum atomic E-state index is -0.328. The van der Waals surface area contributed by atoms with E-state index in [2.05, 4.69) is 5.32 Å². The van der Waals surface area contributed by atoms with Crippen molar-refractivity contribution in [1.82, 2.24) is 5.32 Å². The molecule has 0 saturated heterocycles. The Balaban J connectivity index is 1.85. The van der Waals surface area contributed by atoms with Crippen LogP contribution in [0.2, 0.25) is 0 Å². The minimum Gasteiger partial charge on any atom is -0.349 e. The zero-order valence-electron chi connectivity index (χ0n) is 11.6. The molecule has 2 aromatic rings. The molecule has 1 fully saturated rings. The summed E-state index contributed by atoms with van der Waals surface area (Å²) in [5.74, 6) is -0.274. The van der Waals surface area contributed by atoms with Gasteiger partial charge in [-0.2, -0.15) is 0 Å². The average molecular weight is 285 g/mol. The Morgan fingerprint density at radius 1 is 1.05 bits per heavy atom. The molecule has 1 saturated carbocycles. The monoisotopic (exact) mass is 285 g/mol. The van der Waals surface area contributed by atoms with Crippen LogP contribution in [0.3, 0.4) is 0 Å². The summed E-state index contributed by atoms with van der Waals surface area (Å²) in [4.78, 5) is 23.6. The zero-order valence-corrected chi connectivity index (χ0v) is 11.6. The molecule has 2 aromatic carbocycles. The van der Waals surface area contributed by atoms with Gasteiger partial charge in [0.05, 0.1) is 0 Å². The SMILES string of the molecule is O=C1CCC(NC(=O)c2ccc(F)c3ccccc23)CC1. The van der Waals surface area contributed by atoms with E-state index in [1.54, 1.807) is 24.3 Å². The third kappa shape index (κ3) is 2.79. The molecule has 4 heteroatoms. The predicted molar refractivity (Wildman–Crippen MR) is 78.6 cm³/mol. The number of benzene rings is 2. The molecule has 0 aliphatic heterocycles. The topological polar surface area (TPSA) is 46.2 Å². The molecule has 1 aliphatic rings. The quantitative estimate of drug-likeness (QED) is 0.921. The molecule has 0 radical (unpaired) electrons. The van der Waals surface area contributed by atoms with Crippen molar-refractivity contribution in [3.05, 3.63) is 47.8 Å². The van der Waals surface area contributed by atoms with E-state index in [0.29, 0.717) is 42.0 Å². The largest absolute Gasteiger partial charge is 0.349 e. The van der Waals surface area contributed by atoms with Gasteiger partial charge in [0.25, 0.3) is 5.91 Å².